The fourth-order valence-corrected chi connectivity index (χ4v) is 8.11. The number of phenols is 1. The number of aromatic hydroxyl groups is 1. The first-order valence-corrected chi connectivity index (χ1v) is 25.1. The summed E-state index contributed by atoms with van der Waals surface area (Å²) < 4.78 is 0. The quantitative estimate of drug-likeness (QED) is 0.0420. The third-order valence-electron chi connectivity index (χ3n) is 11.5. The van der Waals surface area contributed by atoms with Crippen LogP contribution in [0.2, 0.25) is 0 Å². The van der Waals surface area contributed by atoms with Crippen molar-refractivity contribution in [1.82, 2.24) is 42.1 Å². The van der Waals surface area contributed by atoms with Crippen LogP contribution < -0.4 is 43.0 Å². The molecule has 0 bridgehead atoms. The molecule has 13 N–H and O–H groups in total. The molecule has 1 saturated heterocycles. The maximum absolute atomic E-state index is 14.1. The van der Waals surface area contributed by atoms with Gasteiger partial charge in [0.1, 0.15) is 42.0 Å². The Morgan fingerprint density at radius 1 is 0.644 bits per heavy atom. The minimum atomic E-state index is -1.50. The number of hydrogen-bond acceptors (Lipinski definition) is 14. The Morgan fingerprint density at radius 3 is 1.81 bits per heavy atom. The SMILES string of the molecule is CSCC[C@H](NC(=O)[C@H](Cc1ccc(O)cc1)NC(=O)[C@@H](N)CCC(=O)O)C(=O)N1CCC[C@H]1C(=O)NCC(=O)NCC(=O)N[C@@H](CCC(=O)O)C(=O)N[C@@H](CC(C)C)C(=O)N[C@@H](Cc1ccccc1)C(=O)O. The number of nitrogens with zero attached hydrogens (tertiary/aromatic N) is 1. The van der Waals surface area contributed by atoms with Gasteiger partial charge in [0.2, 0.25) is 47.3 Å². The number of rotatable bonds is 31. The molecule has 24 nitrogen and oxygen atoms in total. The van der Waals surface area contributed by atoms with Gasteiger partial charge in [0.15, 0.2) is 0 Å². The Hall–Kier alpha value is -7.28. The minimum absolute atomic E-state index is 0.0454. The van der Waals surface area contributed by atoms with Crippen molar-refractivity contribution < 1.29 is 73.2 Å². The average Bonchev–Trinajstić information content (AvgIpc) is 3.84. The van der Waals surface area contributed by atoms with E-state index in [0.717, 1.165) is 0 Å². The Balaban J connectivity index is 1.63. The Morgan fingerprint density at radius 2 is 1.19 bits per heavy atom. The van der Waals surface area contributed by atoms with E-state index in [4.69, 9.17) is 10.8 Å². The van der Waals surface area contributed by atoms with Gasteiger partial charge < -0.3 is 68.3 Å². The number of nitrogens with two attached hydrogens (primary N) is 1. The highest BCUT2D eigenvalue weighted by Crippen LogP contribution is 2.21. The Bertz CT molecular complexity index is 2250. The highest BCUT2D eigenvalue weighted by molar-refractivity contribution is 7.98. The third-order valence-corrected chi connectivity index (χ3v) is 12.1. The number of aliphatic carboxylic acids is 3. The smallest absolute Gasteiger partial charge is 0.326 e. The predicted molar refractivity (Wildman–Crippen MR) is 264 cm³/mol. The van der Waals surface area contributed by atoms with Gasteiger partial charge in [-0.2, -0.15) is 11.8 Å². The lowest BCUT2D eigenvalue weighted by atomic mass is 10.0. The molecule has 400 valence electrons. The normalized spacial score (nSPS) is 15.5. The van der Waals surface area contributed by atoms with Gasteiger partial charge in [-0.3, -0.25) is 47.9 Å². The van der Waals surface area contributed by atoms with Gasteiger partial charge >= 0.3 is 17.9 Å². The van der Waals surface area contributed by atoms with Crippen LogP contribution in [-0.2, 0) is 65.6 Å². The lowest BCUT2D eigenvalue weighted by molar-refractivity contribution is -0.142. The molecular formula is C48H67N9O15S. The van der Waals surface area contributed by atoms with Gasteiger partial charge in [0.25, 0.3) is 0 Å². The van der Waals surface area contributed by atoms with E-state index in [-0.39, 0.29) is 56.7 Å². The molecule has 0 unspecified atom stereocenters. The van der Waals surface area contributed by atoms with E-state index in [1.54, 1.807) is 50.4 Å². The van der Waals surface area contributed by atoms with Crippen molar-refractivity contribution >= 4 is 76.9 Å². The van der Waals surface area contributed by atoms with E-state index in [9.17, 15) is 68.1 Å². The number of carboxylic acid groups (broad SMARTS) is 3. The lowest BCUT2D eigenvalue weighted by Crippen LogP contribution is -2.58. The fourth-order valence-electron chi connectivity index (χ4n) is 7.64. The first-order chi connectivity index (χ1) is 34.6. The second kappa shape index (κ2) is 30.6. The number of hydrogen-bond donors (Lipinski definition) is 12. The molecule has 0 aliphatic carbocycles. The summed E-state index contributed by atoms with van der Waals surface area (Å²) in [6.45, 7) is 2.26. The molecule has 8 amide bonds. The van der Waals surface area contributed by atoms with Crippen LogP contribution in [0.1, 0.15) is 76.3 Å². The number of phenolic OH excluding ortho intramolecular Hbond substituents is 1. The lowest BCUT2D eigenvalue weighted by Gasteiger charge is -2.30. The molecule has 0 aromatic heterocycles. The van der Waals surface area contributed by atoms with Crippen molar-refractivity contribution in [2.75, 3.05) is 31.6 Å². The van der Waals surface area contributed by atoms with Crippen LogP contribution >= 0.6 is 11.8 Å². The van der Waals surface area contributed by atoms with E-state index in [1.807, 2.05) is 0 Å². The zero-order chi connectivity index (χ0) is 54.2. The summed E-state index contributed by atoms with van der Waals surface area (Å²) in [6, 6.07) is 5.42. The molecule has 2 aromatic rings. The standard InChI is InChI=1S/C48H67N9O15S/c1-27(2)22-34(44(67)56-36(48(71)72)24-28-8-5-4-6-9-28)55-43(66)32(16-18-41(63)64)52-39(60)26-50-38(59)25-51-46(69)37-10-7-20-57(37)47(70)33(19-21-73-3)53-45(68)35(23-29-11-13-30(58)14-12-29)54-42(65)31(49)15-17-40(61)62/h4-6,8-9,11-14,27,31-37,58H,7,10,15-26,49H2,1-3H3,(H,50,59)(H,51,69)(H,52,60)(H,53,68)(H,54,65)(H,55,66)(H,56,67)(H,61,62)(H,63,64)(H,71,72)/t31-,32-,33-,34-,35-,36-,37-/m0/s1. The summed E-state index contributed by atoms with van der Waals surface area (Å²) in [6.07, 6.45) is 0.796. The van der Waals surface area contributed by atoms with Crippen molar-refractivity contribution in [3.05, 3.63) is 65.7 Å². The number of carbonyl (C=O) groups is 11. The first-order valence-electron chi connectivity index (χ1n) is 23.7. The fraction of sp³-hybridized carbons (Fsp3) is 0.521. The van der Waals surface area contributed by atoms with E-state index >= 15 is 0 Å². The van der Waals surface area contributed by atoms with E-state index in [1.165, 1.54) is 40.9 Å². The van der Waals surface area contributed by atoms with Crippen LogP contribution in [0.15, 0.2) is 54.6 Å². The third kappa shape index (κ3) is 21.5. The van der Waals surface area contributed by atoms with Crippen LogP contribution in [0.25, 0.3) is 0 Å². The summed E-state index contributed by atoms with van der Waals surface area (Å²) >= 11 is 1.39. The zero-order valence-corrected chi connectivity index (χ0v) is 41.7. The van der Waals surface area contributed by atoms with E-state index in [0.29, 0.717) is 23.3 Å². The van der Waals surface area contributed by atoms with Crippen molar-refractivity contribution in [1.29, 1.82) is 0 Å². The molecule has 2 aromatic carbocycles. The molecular weight excluding hydrogens is 975 g/mol. The molecule has 1 heterocycles. The summed E-state index contributed by atoms with van der Waals surface area (Å²) in [5.74, 6) is -10.1. The highest BCUT2D eigenvalue weighted by atomic mass is 32.2. The summed E-state index contributed by atoms with van der Waals surface area (Å²) in [4.78, 5) is 143. The van der Waals surface area contributed by atoms with Crippen LogP contribution in [0.4, 0.5) is 0 Å². The maximum Gasteiger partial charge on any atom is 0.326 e. The first kappa shape index (κ1) is 60.0. The van der Waals surface area contributed by atoms with Crippen molar-refractivity contribution in [2.45, 2.75) is 120 Å². The number of nitrogens with one attached hydrogen (secondary N) is 7. The topological polar surface area (TPSA) is 382 Å². The Labute approximate surface area is 426 Å². The largest absolute Gasteiger partial charge is 0.508 e. The van der Waals surface area contributed by atoms with Crippen LogP contribution in [-0.4, -0.2) is 164 Å². The molecule has 1 aliphatic rings. The molecule has 3 rings (SSSR count). The van der Waals surface area contributed by atoms with Crippen LogP contribution in [0.5, 0.6) is 5.75 Å². The van der Waals surface area contributed by atoms with E-state index < -0.39 is 140 Å². The zero-order valence-electron chi connectivity index (χ0n) is 40.9. The van der Waals surface area contributed by atoms with Gasteiger partial charge in [-0.15, -0.1) is 0 Å². The molecule has 1 fully saturated rings. The minimum Gasteiger partial charge on any atom is -0.508 e. The molecule has 1 aliphatic heterocycles. The van der Waals surface area contributed by atoms with Crippen molar-refractivity contribution in [3.8, 4) is 5.75 Å². The Kier molecular flexibility index (Phi) is 25.1. The molecule has 0 radical (unpaired) electrons. The second-order valence-electron chi connectivity index (χ2n) is 17.8. The molecule has 7 atom stereocenters. The van der Waals surface area contributed by atoms with Crippen LogP contribution in [0, 0.1) is 5.92 Å². The second-order valence-corrected chi connectivity index (χ2v) is 18.8. The highest BCUT2D eigenvalue weighted by Gasteiger charge is 2.39. The van der Waals surface area contributed by atoms with Crippen LogP contribution in [0.3, 0.4) is 0 Å². The van der Waals surface area contributed by atoms with E-state index in [2.05, 4.69) is 37.2 Å². The number of carbonyl (C=O) groups excluding carboxylic acids is 8. The summed E-state index contributed by atoms with van der Waals surface area (Å²) in [7, 11) is 0. The summed E-state index contributed by atoms with van der Waals surface area (Å²) in [5.41, 5.74) is 7.07. The molecule has 73 heavy (non-hydrogen) atoms. The van der Waals surface area contributed by atoms with Gasteiger partial charge in [0, 0.05) is 32.2 Å². The molecule has 0 saturated carbocycles. The number of benzene rings is 2. The van der Waals surface area contributed by atoms with Crippen molar-refractivity contribution in [3.63, 3.8) is 0 Å². The number of likely N-dealkylation sites (tertiary alicyclic amines) is 1. The predicted octanol–water partition coefficient (Wildman–Crippen LogP) is -1.23. The van der Waals surface area contributed by atoms with Gasteiger partial charge in [-0.1, -0.05) is 56.3 Å². The monoisotopic (exact) mass is 1040 g/mol. The van der Waals surface area contributed by atoms with Gasteiger partial charge in [-0.05, 0) is 79.7 Å². The molecule has 0 spiro atoms. The maximum atomic E-state index is 14.1. The number of amides is 8. The van der Waals surface area contributed by atoms with Gasteiger partial charge in [0.05, 0.1) is 19.1 Å². The summed E-state index contributed by atoms with van der Waals surface area (Å²) in [5, 5.41) is 55.3. The average molecular weight is 1040 g/mol. The van der Waals surface area contributed by atoms with Gasteiger partial charge in [-0.25, -0.2) is 4.79 Å². The number of carboxylic acids is 3. The van der Waals surface area contributed by atoms with Crippen molar-refractivity contribution in [2.24, 2.45) is 11.7 Å². The number of thioether (sulfide) groups is 1. The molecule has 25 heteroatoms.